The molecule has 22 heavy (non-hydrogen) atoms. The van der Waals surface area contributed by atoms with E-state index in [-0.39, 0.29) is 22.5 Å². The van der Waals surface area contributed by atoms with E-state index in [1.54, 1.807) is 0 Å². The van der Waals surface area contributed by atoms with Crippen molar-refractivity contribution in [3.05, 3.63) is 35.1 Å². The highest BCUT2D eigenvalue weighted by Crippen LogP contribution is 2.42. The fraction of sp³-hybridized carbons (Fsp3) is 0.600. The highest BCUT2D eigenvalue weighted by molar-refractivity contribution is 7.86. The number of hydrogen-bond acceptors (Lipinski definition) is 2. The maximum atomic E-state index is 13.4. The van der Waals surface area contributed by atoms with E-state index in [2.05, 4.69) is 0 Å². The van der Waals surface area contributed by atoms with Crippen molar-refractivity contribution in [3.63, 3.8) is 0 Å². The van der Waals surface area contributed by atoms with Crippen molar-refractivity contribution in [1.82, 2.24) is 0 Å². The summed E-state index contributed by atoms with van der Waals surface area (Å²) in [5.74, 6) is -0.962. The van der Waals surface area contributed by atoms with E-state index in [4.69, 9.17) is 0 Å². The van der Waals surface area contributed by atoms with Gasteiger partial charge in [-0.2, -0.15) is 13.2 Å². The third-order valence-electron chi connectivity index (χ3n) is 4.50. The summed E-state index contributed by atoms with van der Waals surface area (Å²) >= 11 is 0. The molecule has 0 amide bonds. The molecule has 1 aromatic rings. The SMILES string of the molecule is O=S1C2CCC1CC(O)(Cc1cc(F)cc(C(F)(F)F)c1)C2. The topological polar surface area (TPSA) is 37.3 Å². The standard InChI is InChI=1S/C15H16F4O2S/c16-11-4-9(3-10(5-11)15(17,18)19)6-14(20)7-12-1-2-13(8-14)22(12)21/h3-5,12-13,20H,1-2,6-8H2. The molecule has 2 nitrogen and oxygen atoms in total. The van der Waals surface area contributed by atoms with Gasteiger partial charge in [-0.05, 0) is 49.4 Å². The summed E-state index contributed by atoms with van der Waals surface area (Å²) in [6.45, 7) is 0. The lowest BCUT2D eigenvalue weighted by molar-refractivity contribution is -0.137. The summed E-state index contributed by atoms with van der Waals surface area (Å²) in [5.41, 5.74) is -2.12. The normalized spacial score (nSPS) is 34.9. The summed E-state index contributed by atoms with van der Waals surface area (Å²) < 4.78 is 63.6. The zero-order valence-electron chi connectivity index (χ0n) is 11.7. The average Bonchev–Trinajstić information content (AvgIpc) is 2.60. The van der Waals surface area contributed by atoms with E-state index in [0.29, 0.717) is 18.9 Å². The van der Waals surface area contributed by atoms with Crippen LogP contribution in [0, 0.1) is 5.82 Å². The smallest absolute Gasteiger partial charge is 0.389 e. The Kier molecular flexibility index (Phi) is 3.84. The van der Waals surface area contributed by atoms with Crippen LogP contribution in [0.3, 0.4) is 0 Å². The minimum Gasteiger partial charge on any atom is -0.389 e. The highest BCUT2D eigenvalue weighted by Gasteiger charge is 2.47. The van der Waals surface area contributed by atoms with E-state index < -0.39 is 34.0 Å². The van der Waals surface area contributed by atoms with Crippen LogP contribution in [0.1, 0.15) is 36.8 Å². The van der Waals surface area contributed by atoms with Crippen LogP contribution in [-0.2, 0) is 23.4 Å². The lowest BCUT2D eigenvalue weighted by Gasteiger charge is -2.36. The first kappa shape index (κ1) is 15.9. The van der Waals surface area contributed by atoms with Gasteiger partial charge in [-0.3, -0.25) is 4.21 Å². The van der Waals surface area contributed by atoms with Gasteiger partial charge in [0.05, 0.1) is 11.2 Å². The van der Waals surface area contributed by atoms with E-state index in [1.165, 1.54) is 0 Å². The van der Waals surface area contributed by atoms with Crippen LogP contribution in [0.2, 0.25) is 0 Å². The largest absolute Gasteiger partial charge is 0.416 e. The highest BCUT2D eigenvalue weighted by atomic mass is 32.2. The van der Waals surface area contributed by atoms with Crippen molar-refractivity contribution in [2.45, 2.75) is 54.4 Å². The van der Waals surface area contributed by atoms with Gasteiger partial charge in [-0.1, -0.05) is 0 Å². The first-order valence-corrected chi connectivity index (χ1v) is 8.42. The molecular weight excluding hydrogens is 320 g/mol. The van der Waals surface area contributed by atoms with Crippen molar-refractivity contribution in [3.8, 4) is 0 Å². The first-order chi connectivity index (χ1) is 10.2. The van der Waals surface area contributed by atoms with Gasteiger partial charge in [0.2, 0.25) is 0 Å². The summed E-state index contributed by atoms with van der Waals surface area (Å²) in [7, 11) is -0.960. The van der Waals surface area contributed by atoms with Crippen molar-refractivity contribution >= 4 is 10.8 Å². The van der Waals surface area contributed by atoms with Crippen LogP contribution in [0.15, 0.2) is 18.2 Å². The molecule has 2 atom stereocenters. The van der Waals surface area contributed by atoms with Gasteiger partial charge >= 0.3 is 6.18 Å². The van der Waals surface area contributed by atoms with Crippen molar-refractivity contribution in [2.24, 2.45) is 0 Å². The fourth-order valence-electron chi connectivity index (χ4n) is 3.62. The molecule has 1 N–H and O–H groups in total. The molecule has 0 aromatic heterocycles. The third kappa shape index (κ3) is 3.06. The summed E-state index contributed by atoms with van der Waals surface area (Å²) in [5, 5.41) is 10.5. The zero-order valence-corrected chi connectivity index (χ0v) is 12.5. The fourth-order valence-corrected chi connectivity index (χ4v) is 5.85. The quantitative estimate of drug-likeness (QED) is 0.842. The van der Waals surface area contributed by atoms with Crippen molar-refractivity contribution in [2.75, 3.05) is 0 Å². The molecule has 3 rings (SSSR count). The van der Waals surface area contributed by atoms with E-state index >= 15 is 0 Å². The molecule has 0 saturated carbocycles. The van der Waals surface area contributed by atoms with Crippen LogP contribution in [0.25, 0.3) is 0 Å². The number of halogens is 4. The second-order valence-corrected chi connectivity index (χ2v) is 8.30. The number of alkyl halides is 3. The number of fused-ring (bicyclic) bond motifs is 2. The lowest BCUT2D eigenvalue weighted by atomic mass is 9.86. The third-order valence-corrected chi connectivity index (χ3v) is 6.62. The minimum absolute atomic E-state index is 0.0436. The lowest BCUT2D eigenvalue weighted by Crippen LogP contribution is -2.44. The zero-order chi connectivity index (χ0) is 16.1. The Morgan fingerprint density at radius 1 is 1.18 bits per heavy atom. The molecule has 2 aliphatic heterocycles. The Morgan fingerprint density at radius 2 is 1.77 bits per heavy atom. The van der Waals surface area contributed by atoms with Gasteiger partial charge in [-0.15, -0.1) is 0 Å². The summed E-state index contributed by atoms with van der Waals surface area (Å²) in [6.07, 6.45) is -2.51. The Labute approximate surface area is 128 Å². The Morgan fingerprint density at radius 3 is 2.32 bits per heavy atom. The van der Waals surface area contributed by atoms with Gasteiger partial charge in [0.25, 0.3) is 0 Å². The summed E-state index contributed by atoms with van der Waals surface area (Å²) in [6, 6.07) is 2.36. The molecule has 2 aliphatic rings. The molecule has 1 aromatic carbocycles. The van der Waals surface area contributed by atoms with Gasteiger partial charge < -0.3 is 5.11 Å². The summed E-state index contributed by atoms with van der Waals surface area (Å²) in [4.78, 5) is 0. The van der Waals surface area contributed by atoms with Crippen LogP contribution in [0.4, 0.5) is 17.6 Å². The second kappa shape index (κ2) is 5.30. The molecule has 2 fully saturated rings. The van der Waals surface area contributed by atoms with E-state index in [1.807, 2.05) is 0 Å². The number of aliphatic hydroxyl groups is 1. The van der Waals surface area contributed by atoms with Gasteiger partial charge in [-0.25, -0.2) is 4.39 Å². The second-order valence-electron chi connectivity index (χ2n) is 6.31. The molecule has 122 valence electrons. The monoisotopic (exact) mass is 336 g/mol. The molecule has 2 saturated heterocycles. The Balaban J connectivity index is 1.84. The van der Waals surface area contributed by atoms with Crippen LogP contribution >= 0.6 is 0 Å². The molecule has 0 aliphatic carbocycles. The molecular formula is C15H16F4O2S. The van der Waals surface area contributed by atoms with Gasteiger partial charge in [0.15, 0.2) is 0 Å². The van der Waals surface area contributed by atoms with Gasteiger partial charge in [0.1, 0.15) is 5.82 Å². The number of rotatable bonds is 2. The minimum atomic E-state index is -4.62. The predicted molar refractivity (Wildman–Crippen MR) is 74.2 cm³/mol. The number of hydrogen-bond donors (Lipinski definition) is 1. The van der Waals surface area contributed by atoms with E-state index in [9.17, 15) is 26.9 Å². The Hall–Kier alpha value is -0.950. The molecule has 0 spiro atoms. The molecule has 0 radical (unpaired) electrons. The van der Waals surface area contributed by atoms with Gasteiger partial charge in [0, 0.05) is 27.7 Å². The van der Waals surface area contributed by atoms with Crippen LogP contribution < -0.4 is 0 Å². The molecule has 2 heterocycles. The number of benzene rings is 1. The molecule has 7 heteroatoms. The molecule has 2 bridgehead atoms. The predicted octanol–water partition coefficient (Wildman–Crippen LogP) is 3.19. The van der Waals surface area contributed by atoms with Crippen LogP contribution in [-0.4, -0.2) is 25.4 Å². The Bertz CT molecular complexity index is 598. The van der Waals surface area contributed by atoms with Crippen molar-refractivity contribution in [1.29, 1.82) is 0 Å². The maximum absolute atomic E-state index is 13.4. The first-order valence-electron chi connectivity index (χ1n) is 7.15. The average molecular weight is 336 g/mol. The van der Waals surface area contributed by atoms with Crippen LogP contribution in [0.5, 0.6) is 0 Å². The maximum Gasteiger partial charge on any atom is 0.416 e. The van der Waals surface area contributed by atoms with Crippen molar-refractivity contribution < 1.29 is 26.9 Å². The molecule has 2 unspecified atom stereocenters. The van der Waals surface area contributed by atoms with E-state index in [0.717, 1.165) is 25.0 Å².